The third-order valence-electron chi connectivity index (χ3n) is 2.41. The number of likely N-dealkylation sites (N-methyl/N-ethyl adjacent to an activating group) is 1. The van der Waals surface area contributed by atoms with Gasteiger partial charge in [0.25, 0.3) is 5.56 Å². The van der Waals surface area contributed by atoms with E-state index in [1.807, 2.05) is 34.9 Å². The van der Waals surface area contributed by atoms with Gasteiger partial charge in [-0.2, -0.15) is 0 Å². The SMILES string of the molecule is CN(C)CCNc1nccn(C(C)(C)C)c1=O. The van der Waals surface area contributed by atoms with E-state index >= 15 is 0 Å². The fourth-order valence-corrected chi connectivity index (χ4v) is 1.46. The lowest BCUT2D eigenvalue weighted by Crippen LogP contribution is -2.35. The van der Waals surface area contributed by atoms with E-state index in [0.717, 1.165) is 6.54 Å². The second-order valence-corrected chi connectivity index (χ2v) is 5.35. The Bertz CT molecular complexity index is 417. The molecule has 0 aliphatic heterocycles. The molecule has 0 spiro atoms. The second kappa shape index (κ2) is 5.31. The van der Waals surface area contributed by atoms with Crippen LogP contribution in [0.2, 0.25) is 0 Å². The van der Waals surface area contributed by atoms with E-state index in [-0.39, 0.29) is 11.1 Å². The molecule has 0 radical (unpaired) electrons. The summed E-state index contributed by atoms with van der Waals surface area (Å²) in [4.78, 5) is 18.3. The van der Waals surface area contributed by atoms with Gasteiger partial charge in [-0.05, 0) is 34.9 Å². The maximum absolute atomic E-state index is 12.1. The van der Waals surface area contributed by atoms with E-state index in [1.54, 1.807) is 17.0 Å². The average Bonchev–Trinajstić information content (AvgIpc) is 2.18. The highest BCUT2D eigenvalue weighted by atomic mass is 16.1. The number of rotatable bonds is 4. The summed E-state index contributed by atoms with van der Waals surface area (Å²) in [5.74, 6) is 0.421. The van der Waals surface area contributed by atoms with Crippen molar-refractivity contribution in [2.75, 3.05) is 32.5 Å². The zero-order valence-electron chi connectivity index (χ0n) is 11.3. The summed E-state index contributed by atoms with van der Waals surface area (Å²) in [5, 5.41) is 3.07. The number of aromatic nitrogens is 2. The second-order valence-electron chi connectivity index (χ2n) is 5.35. The van der Waals surface area contributed by atoms with E-state index in [9.17, 15) is 4.79 Å². The van der Waals surface area contributed by atoms with Crippen LogP contribution in [-0.2, 0) is 5.54 Å². The molecule has 0 aliphatic rings. The van der Waals surface area contributed by atoms with Crippen molar-refractivity contribution >= 4 is 5.82 Å². The summed E-state index contributed by atoms with van der Waals surface area (Å²) in [6.07, 6.45) is 3.38. The van der Waals surface area contributed by atoms with Crippen LogP contribution in [0.3, 0.4) is 0 Å². The highest BCUT2D eigenvalue weighted by Gasteiger charge is 2.16. The molecule has 5 nitrogen and oxygen atoms in total. The van der Waals surface area contributed by atoms with Crippen LogP contribution in [0.15, 0.2) is 17.2 Å². The Morgan fingerprint density at radius 1 is 1.41 bits per heavy atom. The minimum absolute atomic E-state index is 0.0706. The Labute approximate surface area is 102 Å². The van der Waals surface area contributed by atoms with Gasteiger partial charge in [-0.15, -0.1) is 0 Å². The molecule has 0 atom stereocenters. The predicted molar refractivity (Wildman–Crippen MR) is 70.5 cm³/mol. The summed E-state index contributed by atoms with van der Waals surface area (Å²) in [6.45, 7) is 7.57. The van der Waals surface area contributed by atoms with Crippen LogP contribution in [0.5, 0.6) is 0 Å². The number of nitrogens with one attached hydrogen (secondary N) is 1. The number of anilines is 1. The minimum Gasteiger partial charge on any atom is -0.364 e. The van der Waals surface area contributed by atoms with Gasteiger partial charge in [0.2, 0.25) is 0 Å². The number of nitrogens with zero attached hydrogens (tertiary/aromatic N) is 3. The topological polar surface area (TPSA) is 50.2 Å². The first-order valence-electron chi connectivity index (χ1n) is 5.79. The molecule has 1 rings (SSSR count). The maximum atomic E-state index is 12.1. The van der Waals surface area contributed by atoms with Gasteiger partial charge in [-0.25, -0.2) is 4.98 Å². The van der Waals surface area contributed by atoms with Crippen molar-refractivity contribution in [3.8, 4) is 0 Å². The van der Waals surface area contributed by atoms with Crippen LogP contribution in [0.1, 0.15) is 20.8 Å². The molecular formula is C12H22N4O. The fraction of sp³-hybridized carbons (Fsp3) is 0.667. The Balaban J connectivity index is 2.85. The summed E-state index contributed by atoms with van der Waals surface area (Å²) in [5.41, 5.74) is -0.295. The lowest BCUT2D eigenvalue weighted by Gasteiger charge is -2.22. The fourth-order valence-electron chi connectivity index (χ4n) is 1.46. The molecule has 0 aromatic carbocycles. The van der Waals surface area contributed by atoms with Crippen molar-refractivity contribution in [1.82, 2.24) is 14.5 Å². The van der Waals surface area contributed by atoms with Crippen LogP contribution in [0, 0.1) is 0 Å². The van der Waals surface area contributed by atoms with Crippen LogP contribution >= 0.6 is 0 Å². The Morgan fingerprint density at radius 2 is 2.06 bits per heavy atom. The van der Waals surface area contributed by atoms with E-state index in [2.05, 4.69) is 15.2 Å². The highest BCUT2D eigenvalue weighted by Crippen LogP contribution is 2.10. The van der Waals surface area contributed by atoms with Gasteiger partial charge >= 0.3 is 0 Å². The molecule has 0 bridgehead atoms. The van der Waals surface area contributed by atoms with Crippen LogP contribution in [-0.4, -0.2) is 41.6 Å². The van der Waals surface area contributed by atoms with Gasteiger partial charge in [0, 0.05) is 31.0 Å². The zero-order valence-corrected chi connectivity index (χ0v) is 11.3. The summed E-state index contributed by atoms with van der Waals surface area (Å²) in [7, 11) is 3.99. The van der Waals surface area contributed by atoms with E-state index in [4.69, 9.17) is 0 Å². The zero-order chi connectivity index (χ0) is 13.1. The minimum atomic E-state index is -0.224. The molecule has 1 heterocycles. The first-order valence-corrected chi connectivity index (χ1v) is 5.79. The molecule has 1 N–H and O–H groups in total. The molecule has 1 aromatic heterocycles. The molecule has 0 unspecified atom stereocenters. The lowest BCUT2D eigenvalue weighted by atomic mass is 10.1. The molecule has 96 valence electrons. The van der Waals surface area contributed by atoms with Gasteiger partial charge in [0.15, 0.2) is 5.82 Å². The highest BCUT2D eigenvalue weighted by molar-refractivity contribution is 5.31. The van der Waals surface area contributed by atoms with Crippen molar-refractivity contribution in [2.24, 2.45) is 0 Å². The smallest absolute Gasteiger partial charge is 0.293 e. The average molecular weight is 238 g/mol. The Kier molecular flexibility index (Phi) is 4.28. The van der Waals surface area contributed by atoms with Crippen LogP contribution in [0.4, 0.5) is 5.82 Å². The molecular weight excluding hydrogens is 216 g/mol. The van der Waals surface area contributed by atoms with Crippen molar-refractivity contribution < 1.29 is 0 Å². The molecule has 0 fully saturated rings. The van der Waals surface area contributed by atoms with Gasteiger partial charge in [-0.1, -0.05) is 0 Å². The van der Waals surface area contributed by atoms with E-state index in [0.29, 0.717) is 12.4 Å². The summed E-state index contributed by atoms with van der Waals surface area (Å²) < 4.78 is 1.69. The largest absolute Gasteiger partial charge is 0.364 e. The molecule has 5 heteroatoms. The quantitative estimate of drug-likeness (QED) is 0.849. The third-order valence-corrected chi connectivity index (χ3v) is 2.41. The van der Waals surface area contributed by atoms with Gasteiger partial charge in [0.05, 0.1) is 0 Å². The molecule has 0 aliphatic carbocycles. The molecule has 0 saturated heterocycles. The van der Waals surface area contributed by atoms with Gasteiger partial charge in [0.1, 0.15) is 0 Å². The monoisotopic (exact) mass is 238 g/mol. The van der Waals surface area contributed by atoms with Crippen molar-refractivity contribution in [1.29, 1.82) is 0 Å². The number of hydrogen-bond donors (Lipinski definition) is 1. The summed E-state index contributed by atoms with van der Waals surface area (Å²) >= 11 is 0. The lowest BCUT2D eigenvalue weighted by molar-refractivity contribution is 0.382. The normalized spacial score (nSPS) is 11.9. The van der Waals surface area contributed by atoms with Crippen molar-refractivity contribution in [3.05, 3.63) is 22.7 Å². The van der Waals surface area contributed by atoms with Crippen LogP contribution in [0.25, 0.3) is 0 Å². The molecule has 0 amide bonds. The Hall–Kier alpha value is -1.36. The van der Waals surface area contributed by atoms with Gasteiger partial charge in [-0.3, -0.25) is 4.79 Å². The van der Waals surface area contributed by atoms with E-state index < -0.39 is 0 Å². The third kappa shape index (κ3) is 3.85. The maximum Gasteiger partial charge on any atom is 0.293 e. The molecule has 1 aromatic rings. The van der Waals surface area contributed by atoms with Gasteiger partial charge < -0.3 is 14.8 Å². The first kappa shape index (κ1) is 13.7. The number of hydrogen-bond acceptors (Lipinski definition) is 4. The van der Waals surface area contributed by atoms with Crippen molar-refractivity contribution in [3.63, 3.8) is 0 Å². The van der Waals surface area contributed by atoms with Crippen LogP contribution < -0.4 is 10.9 Å². The first-order chi connectivity index (χ1) is 7.82. The van der Waals surface area contributed by atoms with Crippen molar-refractivity contribution in [2.45, 2.75) is 26.3 Å². The predicted octanol–water partition coefficient (Wildman–Crippen LogP) is 0.972. The molecule has 0 saturated carbocycles. The molecule has 17 heavy (non-hydrogen) atoms. The summed E-state index contributed by atoms with van der Waals surface area (Å²) in [6, 6.07) is 0. The standard InChI is InChI=1S/C12H22N4O/c1-12(2,3)16-9-7-14-10(11(16)17)13-6-8-15(4)5/h7,9H,6,8H2,1-5H3,(H,13,14). The van der Waals surface area contributed by atoms with E-state index in [1.165, 1.54) is 0 Å². The Morgan fingerprint density at radius 3 is 2.59 bits per heavy atom.